The second-order valence-corrected chi connectivity index (χ2v) is 6.77. The average Bonchev–Trinajstić information content (AvgIpc) is 2.72. The molecule has 1 aromatic carbocycles. The maximum absolute atomic E-state index is 12.4. The molecule has 114 valence electrons. The summed E-state index contributed by atoms with van der Waals surface area (Å²) in [6.45, 7) is 2.02. The van der Waals surface area contributed by atoms with Crippen molar-refractivity contribution in [1.29, 1.82) is 0 Å². The van der Waals surface area contributed by atoms with Gasteiger partial charge < -0.3 is 4.74 Å². The lowest BCUT2D eigenvalue weighted by molar-refractivity contribution is -0.150. The number of methoxy groups -OCH3 is 1. The van der Waals surface area contributed by atoms with Crippen LogP contribution in [0.5, 0.6) is 0 Å². The van der Waals surface area contributed by atoms with E-state index in [0.717, 1.165) is 23.4 Å². The molecule has 0 radical (unpaired) electrons. The summed E-state index contributed by atoms with van der Waals surface area (Å²) >= 11 is 6.14. The van der Waals surface area contributed by atoms with Crippen molar-refractivity contribution in [2.75, 3.05) is 14.2 Å². The number of esters is 1. The van der Waals surface area contributed by atoms with Crippen molar-refractivity contribution in [2.24, 2.45) is 5.92 Å². The van der Waals surface area contributed by atoms with Gasteiger partial charge in [-0.1, -0.05) is 23.7 Å². The molecule has 0 aromatic heterocycles. The maximum Gasteiger partial charge on any atom is 0.310 e. The Kier molecular flexibility index (Phi) is 3.98. The molecule has 4 heteroatoms. The van der Waals surface area contributed by atoms with Gasteiger partial charge in [0, 0.05) is 23.0 Å². The number of piperidine rings is 1. The minimum atomic E-state index is -0.0789. The maximum atomic E-state index is 12.4. The van der Waals surface area contributed by atoms with E-state index in [4.69, 9.17) is 16.3 Å². The first-order chi connectivity index (χ1) is 10.0. The Hall–Kier alpha value is -1.06. The van der Waals surface area contributed by atoms with E-state index in [1.807, 2.05) is 13.0 Å². The highest BCUT2D eigenvalue weighted by molar-refractivity contribution is 6.31. The van der Waals surface area contributed by atoms with Crippen LogP contribution in [0.25, 0.3) is 0 Å². The molecule has 2 aliphatic heterocycles. The zero-order chi connectivity index (χ0) is 15.1. The van der Waals surface area contributed by atoms with Crippen LogP contribution in [-0.2, 0) is 9.53 Å². The number of ether oxygens (including phenoxy) is 1. The van der Waals surface area contributed by atoms with E-state index in [2.05, 4.69) is 24.1 Å². The van der Waals surface area contributed by atoms with E-state index in [1.54, 1.807) is 0 Å². The van der Waals surface area contributed by atoms with Crippen molar-refractivity contribution in [3.63, 3.8) is 0 Å². The van der Waals surface area contributed by atoms with Crippen LogP contribution in [0.15, 0.2) is 18.2 Å². The van der Waals surface area contributed by atoms with Gasteiger partial charge in [0.2, 0.25) is 0 Å². The Morgan fingerprint density at radius 1 is 1.38 bits per heavy atom. The smallest absolute Gasteiger partial charge is 0.310 e. The molecule has 2 unspecified atom stereocenters. The number of carbonyl (C=O) groups excluding carboxylic acids is 1. The molecule has 2 saturated heterocycles. The lowest BCUT2D eigenvalue weighted by atomic mass is 9.76. The normalized spacial score (nSPS) is 32.2. The number of hydrogen-bond acceptors (Lipinski definition) is 3. The highest BCUT2D eigenvalue weighted by Crippen LogP contribution is 2.46. The van der Waals surface area contributed by atoms with Crippen molar-refractivity contribution in [2.45, 2.75) is 44.2 Å². The van der Waals surface area contributed by atoms with Crippen LogP contribution in [-0.4, -0.2) is 37.1 Å². The number of aryl methyl sites for hydroxylation is 1. The van der Waals surface area contributed by atoms with Crippen LogP contribution in [0, 0.1) is 12.8 Å². The van der Waals surface area contributed by atoms with E-state index in [9.17, 15) is 4.79 Å². The zero-order valence-corrected chi connectivity index (χ0v) is 13.6. The fraction of sp³-hybridized carbons (Fsp3) is 0.588. The standard InChI is InChI=1S/C17H22ClNO2/c1-10-8-11(4-6-14(10)18)13-9-12-5-7-15(19(12)2)16(13)17(20)21-3/h4,6,8,12-13,15-16H,5,7,9H2,1-3H3/t12?,13-,15?,16+/m1/s1. The van der Waals surface area contributed by atoms with E-state index in [-0.39, 0.29) is 17.8 Å². The molecule has 21 heavy (non-hydrogen) atoms. The minimum absolute atomic E-state index is 0.0701. The number of carbonyl (C=O) groups is 1. The third-order valence-electron chi connectivity index (χ3n) is 5.35. The summed E-state index contributed by atoms with van der Waals surface area (Å²) in [6.07, 6.45) is 3.29. The van der Waals surface area contributed by atoms with Crippen molar-refractivity contribution in [3.05, 3.63) is 34.3 Å². The van der Waals surface area contributed by atoms with Gasteiger partial charge in [0.1, 0.15) is 0 Å². The van der Waals surface area contributed by atoms with Crippen LogP contribution in [0.1, 0.15) is 36.3 Å². The third kappa shape index (κ3) is 2.47. The van der Waals surface area contributed by atoms with Gasteiger partial charge in [-0.05, 0) is 50.4 Å². The minimum Gasteiger partial charge on any atom is -0.469 e. The molecule has 2 heterocycles. The van der Waals surface area contributed by atoms with Crippen molar-refractivity contribution in [1.82, 2.24) is 4.90 Å². The monoisotopic (exact) mass is 307 g/mol. The predicted molar refractivity (Wildman–Crippen MR) is 83.6 cm³/mol. The molecule has 0 amide bonds. The summed E-state index contributed by atoms with van der Waals surface area (Å²) in [5.41, 5.74) is 2.29. The number of benzene rings is 1. The summed E-state index contributed by atoms with van der Waals surface area (Å²) in [5.74, 6) is 0.0891. The lowest BCUT2D eigenvalue weighted by Crippen LogP contribution is -2.49. The topological polar surface area (TPSA) is 29.5 Å². The Bertz CT molecular complexity index is 560. The summed E-state index contributed by atoms with van der Waals surface area (Å²) in [7, 11) is 3.63. The second-order valence-electron chi connectivity index (χ2n) is 6.36. The summed E-state index contributed by atoms with van der Waals surface area (Å²) in [5, 5.41) is 0.782. The van der Waals surface area contributed by atoms with Crippen LogP contribution in [0.2, 0.25) is 5.02 Å². The van der Waals surface area contributed by atoms with E-state index in [1.165, 1.54) is 19.1 Å². The van der Waals surface area contributed by atoms with Crippen LogP contribution in [0.4, 0.5) is 0 Å². The van der Waals surface area contributed by atoms with Crippen LogP contribution in [0.3, 0.4) is 0 Å². The zero-order valence-electron chi connectivity index (χ0n) is 12.8. The summed E-state index contributed by atoms with van der Waals surface area (Å²) in [6, 6.07) is 7.03. The lowest BCUT2D eigenvalue weighted by Gasteiger charge is -2.41. The van der Waals surface area contributed by atoms with Gasteiger partial charge in [-0.2, -0.15) is 0 Å². The molecule has 2 bridgehead atoms. The van der Waals surface area contributed by atoms with E-state index in [0.29, 0.717) is 12.1 Å². The van der Waals surface area contributed by atoms with Crippen molar-refractivity contribution < 1.29 is 9.53 Å². The molecular weight excluding hydrogens is 286 g/mol. The Balaban J connectivity index is 1.98. The predicted octanol–water partition coefficient (Wildman–Crippen LogP) is 3.39. The molecule has 0 spiro atoms. The average molecular weight is 308 g/mol. The van der Waals surface area contributed by atoms with Gasteiger partial charge >= 0.3 is 5.97 Å². The highest BCUT2D eigenvalue weighted by atomic mass is 35.5. The van der Waals surface area contributed by atoms with Gasteiger partial charge in [-0.25, -0.2) is 0 Å². The molecule has 3 rings (SSSR count). The number of hydrogen-bond donors (Lipinski definition) is 0. The molecule has 3 nitrogen and oxygen atoms in total. The van der Waals surface area contributed by atoms with Gasteiger partial charge in [0.25, 0.3) is 0 Å². The van der Waals surface area contributed by atoms with Gasteiger partial charge in [-0.3, -0.25) is 9.69 Å². The van der Waals surface area contributed by atoms with Crippen LogP contribution < -0.4 is 0 Å². The molecular formula is C17H22ClNO2. The fourth-order valence-corrected chi connectivity index (χ4v) is 4.28. The van der Waals surface area contributed by atoms with E-state index >= 15 is 0 Å². The SMILES string of the molecule is COC(=O)[C@@H]1C2CCC(C[C@@H]1c1ccc(Cl)c(C)c1)N2C. The quantitative estimate of drug-likeness (QED) is 0.784. The summed E-state index contributed by atoms with van der Waals surface area (Å²) < 4.78 is 5.10. The molecule has 2 aliphatic rings. The molecule has 0 saturated carbocycles. The molecule has 0 N–H and O–H groups in total. The highest BCUT2D eigenvalue weighted by Gasteiger charge is 2.49. The second kappa shape index (κ2) is 5.62. The molecule has 2 fully saturated rings. The van der Waals surface area contributed by atoms with E-state index < -0.39 is 0 Å². The first-order valence-corrected chi connectivity index (χ1v) is 7.96. The molecule has 4 atom stereocenters. The van der Waals surface area contributed by atoms with Gasteiger partial charge in [-0.15, -0.1) is 0 Å². The van der Waals surface area contributed by atoms with Crippen LogP contribution >= 0.6 is 11.6 Å². The van der Waals surface area contributed by atoms with Crippen molar-refractivity contribution >= 4 is 17.6 Å². The summed E-state index contributed by atoms with van der Waals surface area (Å²) in [4.78, 5) is 14.7. The molecule has 1 aromatic rings. The first kappa shape index (κ1) is 14.9. The number of rotatable bonds is 2. The largest absolute Gasteiger partial charge is 0.469 e. The third-order valence-corrected chi connectivity index (χ3v) is 5.78. The number of halogens is 1. The number of fused-ring (bicyclic) bond motifs is 2. The Morgan fingerprint density at radius 2 is 2.14 bits per heavy atom. The molecule has 0 aliphatic carbocycles. The Morgan fingerprint density at radius 3 is 2.81 bits per heavy atom. The first-order valence-electron chi connectivity index (χ1n) is 7.58. The van der Waals surface area contributed by atoms with Crippen molar-refractivity contribution in [3.8, 4) is 0 Å². The van der Waals surface area contributed by atoms with Gasteiger partial charge in [0.05, 0.1) is 13.0 Å². The Labute approximate surface area is 131 Å². The van der Waals surface area contributed by atoms with Gasteiger partial charge in [0.15, 0.2) is 0 Å². The number of nitrogens with zero attached hydrogens (tertiary/aromatic N) is 1. The fourth-order valence-electron chi connectivity index (χ4n) is 4.17.